The Balaban J connectivity index is 1.42. The summed E-state index contributed by atoms with van der Waals surface area (Å²) in [7, 11) is 1.76. The summed E-state index contributed by atoms with van der Waals surface area (Å²) < 4.78 is 1.61. The summed E-state index contributed by atoms with van der Waals surface area (Å²) in [5.41, 5.74) is 2.68. The van der Waals surface area contributed by atoms with Gasteiger partial charge in [-0.2, -0.15) is 0 Å². The van der Waals surface area contributed by atoms with Crippen LogP contribution in [0.4, 0.5) is 0 Å². The van der Waals surface area contributed by atoms with Crippen molar-refractivity contribution in [3.8, 4) is 0 Å². The molecule has 0 aliphatic heterocycles. The van der Waals surface area contributed by atoms with Gasteiger partial charge in [0.2, 0.25) is 5.91 Å². The number of aryl methyl sites for hydroxylation is 2. The number of hydrogen-bond donors (Lipinski definition) is 1. The molecule has 0 radical (unpaired) electrons. The topological polar surface area (TPSA) is 64.0 Å². The zero-order chi connectivity index (χ0) is 19.7. The minimum atomic E-state index is -0.289. The first-order valence-electron chi connectivity index (χ1n) is 10.2. The molecule has 0 spiro atoms. The first kappa shape index (κ1) is 19.7. The van der Waals surface area contributed by atoms with Gasteiger partial charge in [-0.05, 0) is 63.9 Å². The Morgan fingerprint density at radius 3 is 2.96 bits per heavy atom. The van der Waals surface area contributed by atoms with Crippen molar-refractivity contribution in [2.24, 2.45) is 7.05 Å². The van der Waals surface area contributed by atoms with Gasteiger partial charge in [-0.15, -0.1) is 11.3 Å². The smallest absolute Gasteiger partial charge is 0.262 e. The highest BCUT2D eigenvalue weighted by Crippen LogP contribution is 2.35. The Morgan fingerprint density at radius 1 is 1.32 bits per heavy atom. The summed E-state index contributed by atoms with van der Waals surface area (Å²) in [6.07, 6.45) is 11.3. The van der Waals surface area contributed by atoms with E-state index in [2.05, 4.69) is 11.4 Å². The van der Waals surface area contributed by atoms with Crippen LogP contribution in [0.5, 0.6) is 0 Å². The predicted octanol–water partition coefficient (Wildman–Crippen LogP) is 3.97. The predicted molar refractivity (Wildman–Crippen MR) is 116 cm³/mol. The van der Waals surface area contributed by atoms with Gasteiger partial charge in [0.15, 0.2) is 5.16 Å². The second-order valence-corrected chi connectivity index (χ2v) is 10.1. The molecule has 150 valence electrons. The van der Waals surface area contributed by atoms with E-state index in [4.69, 9.17) is 4.98 Å². The van der Waals surface area contributed by atoms with E-state index in [1.165, 1.54) is 47.0 Å². The number of aromatic nitrogens is 2. The van der Waals surface area contributed by atoms with Gasteiger partial charge in [0.05, 0.1) is 10.6 Å². The number of thioether (sulfide) groups is 1. The molecule has 0 fully saturated rings. The molecule has 2 heterocycles. The van der Waals surface area contributed by atoms with E-state index < -0.39 is 0 Å². The highest BCUT2D eigenvalue weighted by Gasteiger charge is 2.24. The number of thiophene rings is 1. The minimum absolute atomic E-state index is 0.00410. The first-order valence-corrected chi connectivity index (χ1v) is 11.9. The molecule has 2 aromatic heterocycles. The fraction of sp³-hybridized carbons (Fsp3) is 0.571. The summed E-state index contributed by atoms with van der Waals surface area (Å²) in [5, 5.41) is 4.16. The maximum Gasteiger partial charge on any atom is 0.262 e. The molecule has 1 N–H and O–H groups in total. The maximum atomic E-state index is 12.9. The molecule has 0 aromatic carbocycles. The molecule has 0 saturated heterocycles. The van der Waals surface area contributed by atoms with E-state index >= 15 is 0 Å². The molecule has 2 aliphatic carbocycles. The molecular formula is C21H27N3O2S2. The molecule has 7 heteroatoms. The van der Waals surface area contributed by atoms with Crippen LogP contribution in [0.3, 0.4) is 0 Å². The molecule has 28 heavy (non-hydrogen) atoms. The Bertz CT molecular complexity index is 990. The normalized spacial score (nSPS) is 17.4. The SMILES string of the molecule is C[C@H](Sc1nc2sc3c(c2c(=O)n1C)CCC3)C(=O)NCCC1=CCCCC1. The lowest BCUT2D eigenvalue weighted by Gasteiger charge is -2.15. The van der Waals surface area contributed by atoms with Crippen LogP contribution in [0.15, 0.2) is 21.6 Å². The number of carbonyl (C=O) groups is 1. The van der Waals surface area contributed by atoms with Gasteiger partial charge < -0.3 is 5.32 Å². The van der Waals surface area contributed by atoms with E-state index in [1.807, 2.05) is 6.92 Å². The van der Waals surface area contributed by atoms with Gasteiger partial charge in [0, 0.05) is 18.5 Å². The Morgan fingerprint density at radius 2 is 2.18 bits per heavy atom. The highest BCUT2D eigenvalue weighted by atomic mass is 32.2. The summed E-state index contributed by atoms with van der Waals surface area (Å²) in [4.78, 5) is 32.2. The van der Waals surface area contributed by atoms with E-state index in [0.29, 0.717) is 11.7 Å². The fourth-order valence-corrected chi connectivity index (χ4v) is 6.25. The molecule has 0 unspecified atom stereocenters. The van der Waals surface area contributed by atoms with E-state index in [9.17, 15) is 9.59 Å². The third-order valence-corrected chi connectivity index (χ3v) is 8.02. The van der Waals surface area contributed by atoms with Crippen molar-refractivity contribution in [2.75, 3.05) is 6.54 Å². The van der Waals surface area contributed by atoms with Crippen molar-refractivity contribution in [2.45, 2.75) is 68.7 Å². The fourth-order valence-electron chi connectivity index (χ4n) is 4.04. The number of nitrogens with zero attached hydrogens (tertiary/aromatic N) is 2. The lowest BCUT2D eigenvalue weighted by Crippen LogP contribution is -2.32. The number of rotatable bonds is 6. The second-order valence-electron chi connectivity index (χ2n) is 7.71. The van der Waals surface area contributed by atoms with Crippen LogP contribution in [-0.4, -0.2) is 27.3 Å². The summed E-state index contributed by atoms with van der Waals surface area (Å²) >= 11 is 3.01. The average Bonchev–Trinajstić information content (AvgIpc) is 3.27. The number of hydrogen-bond acceptors (Lipinski definition) is 5. The van der Waals surface area contributed by atoms with E-state index in [1.54, 1.807) is 23.0 Å². The van der Waals surface area contributed by atoms with Crippen LogP contribution in [0.1, 0.15) is 55.9 Å². The summed E-state index contributed by atoms with van der Waals surface area (Å²) in [5.74, 6) is 0.00410. The largest absolute Gasteiger partial charge is 0.355 e. The summed E-state index contributed by atoms with van der Waals surface area (Å²) in [6, 6.07) is 0. The van der Waals surface area contributed by atoms with Crippen LogP contribution < -0.4 is 10.9 Å². The third kappa shape index (κ3) is 3.92. The lowest BCUT2D eigenvalue weighted by molar-refractivity contribution is -0.120. The average molecular weight is 418 g/mol. The quantitative estimate of drug-likeness (QED) is 0.439. The zero-order valence-corrected chi connectivity index (χ0v) is 18.2. The minimum Gasteiger partial charge on any atom is -0.355 e. The molecule has 4 rings (SSSR count). The van der Waals surface area contributed by atoms with Crippen LogP contribution in [0.2, 0.25) is 0 Å². The van der Waals surface area contributed by atoms with Gasteiger partial charge in [-0.1, -0.05) is 23.4 Å². The van der Waals surface area contributed by atoms with Crippen LogP contribution >= 0.6 is 23.1 Å². The maximum absolute atomic E-state index is 12.9. The molecule has 2 aromatic rings. The van der Waals surface area contributed by atoms with Crippen LogP contribution in [0.25, 0.3) is 10.2 Å². The summed E-state index contributed by atoms with van der Waals surface area (Å²) in [6.45, 7) is 2.56. The van der Waals surface area contributed by atoms with E-state index in [0.717, 1.165) is 42.3 Å². The molecule has 0 saturated carbocycles. The standard InChI is InChI=1S/C21H27N3O2S2/c1-13(18(25)22-12-11-14-7-4-3-5-8-14)27-21-23-19-17(20(26)24(21)2)15-9-6-10-16(15)28-19/h7,13H,3-6,8-12H2,1-2H3,(H,22,25)/t13-/m0/s1. The zero-order valence-electron chi connectivity index (χ0n) is 16.5. The molecule has 1 atom stereocenters. The van der Waals surface area contributed by atoms with Crippen molar-refractivity contribution in [3.05, 3.63) is 32.4 Å². The van der Waals surface area contributed by atoms with Crippen molar-refractivity contribution in [1.29, 1.82) is 0 Å². The van der Waals surface area contributed by atoms with Crippen LogP contribution in [0, 0.1) is 0 Å². The number of amides is 1. The van der Waals surface area contributed by atoms with Gasteiger partial charge >= 0.3 is 0 Å². The lowest BCUT2D eigenvalue weighted by atomic mass is 9.97. The number of fused-ring (bicyclic) bond motifs is 3. The molecule has 2 aliphatic rings. The van der Waals surface area contributed by atoms with Crippen molar-refractivity contribution in [3.63, 3.8) is 0 Å². The highest BCUT2D eigenvalue weighted by molar-refractivity contribution is 8.00. The Labute approximate surface area is 173 Å². The molecule has 1 amide bonds. The van der Waals surface area contributed by atoms with Gasteiger partial charge in [0.1, 0.15) is 4.83 Å². The Hall–Kier alpha value is -1.60. The first-order chi connectivity index (χ1) is 13.5. The Kier molecular flexibility index (Phi) is 5.92. The van der Waals surface area contributed by atoms with Crippen LogP contribution in [-0.2, 0) is 24.7 Å². The van der Waals surface area contributed by atoms with Crippen molar-refractivity contribution < 1.29 is 4.79 Å². The molecular weight excluding hydrogens is 390 g/mol. The third-order valence-electron chi connectivity index (χ3n) is 5.69. The number of carbonyl (C=O) groups excluding carboxylic acids is 1. The van der Waals surface area contributed by atoms with Crippen molar-refractivity contribution >= 4 is 39.2 Å². The number of allylic oxidation sites excluding steroid dienone is 1. The van der Waals surface area contributed by atoms with Crippen molar-refractivity contribution in [1.82, 2.24) is 14.9 Å². The van der Waals surface area contributed by atoms with Gasteiger partial charge in [-0.3, -0.25) is 14.2 Å². The molecule has 0 bridgehead atoms. The number of nitrogens with one attached hydrogen (secondary N) is 1. The second kappa shape index (κ2) is 8.41. The van der Waals surface area contributed by atoms with Gasteiger partial charge in [0.25, 0.3) is 5.56 Å². The molecule has 5 nitrogen and oxygen atoms in total. The van der Waals surface area contributed by atoms with E-state index in [-0.39, 0.29) is 16.7 Å². The monoisotopic (exact) mass is 417 g/mol. The van der Waals surface area contributed by atoms with Gasteiger partial charge in [-0.25, -0.2) is 4.98 Å².